The van der Waals surface area contributed by atoms with Crippen LogP contribution in [0.25, 0.3) is 22.1 Å². The largest absolute Gasteiger partial charge is 0.332 e. The standard InChI is InChI=1S/C17H21N5O2/c1-4-9-22-11-8-6-5-7-10(11)12-13-14(18-19-15(12)22)20(2)17(24)21(3)16(13)23/h4-9H2,1-3H3. The van der Waals surface area contributed by atoms with E-state index in [0.717, 1.165) is 54.2 Å². The predicted molar refractivity (Wildman–Crippen MR) is 92.4 cm³/mol. The van der Waals surface area contributed by atoms with Gasteiger partial charge in [0.15, 0.2) is 11.3 Å². The lowest BCUT2D eigenvalue weighted by atomic mass is 9.95. The number of aryl methyl sites for hydroxylation is 3. The lowest BCUT2D eigenvalue weighted by Gasteiger charge is -2.14. The molecule has 0 saturated carbocycles. The van der Waals surface area contributed by atoms with Gasteiger partial charge in [0.05, 0.1) is 5.39 Å². The molecule has 3 heterocycles. The van der Waals surface area contributed by atoms with Crippen molar-refractivity contribution >= 4 is 22.1 Å². The van der Waals surface area contributed by atoms with Crippen molar-refractivity contribution in [3.05, 3.63) is 32.1 Å². The Balaban J connectivity index is 2.28. The highest BCUT2D eigenvalue weighted by molar-refractivity contribution is 6.04. The van der Waals surface area contributed by atoms with E-state index in [-0.39, 0.29) is 11.2 Å². The maximum absolute atomic E-state index is 12.8. The van der Waals surface area contributed by atoms with E-state index in [1.54, 1.807) is 7.05 Å². The van der Waals surface area contributed by atoms with Gasteiger partial charge in [0.1, 0.15) is 0 Å². The van der Waals surface area contributed by atoms with Crippen molar-refractivity contribution in [1.29, 1.82) is 0 Å². The number of aromatic nitrogens is 5. The van der Waals surface area contributed by atoms with Crippen LogP contribution in [-0.2, 0) is 33.5 Å². The fraction of sp³-hybridized carbons (Fsp3) is 0.529. The summed E-state index contributed by atoms with van der Waals surface area (Å²) < 4.78 is 4.80. The molecule has 0 N–H and O–H groups in total. The third-order valence-corrected chi connectivity index (χ3v) is 5.12. The monoisotopic (exact) mass is 327 g/mol. The average molecular weight is 327 g/mol. The van der Waals surface area contributed by atoms with Gasteiger partial charge in [0.2, 0.25) is 0 Å². The average Bonchev–Trinajstić information content (AvgIpc) is 2.92. The fourth-order valence-corrected chi connectivity index (χ4v) is 3.95. The van der Waals surface area contributed by atoms with E-state index < -0.39 is 0 Å². The molecule has 126 valence electrons. The van der Waals surface area contributed by atoms with E-state index in [2.05, 4.69) is 21.7 Å². The molecule has 0 atom stereocenters. The number of hydrogen-bond acceptors (Lipinski definition) is 4. The van der Waals surface area contributed by atoms with Crippen molar-refractivity contribution < 1.29 is 0 Å². The van der Waals surface area contributed by atoms with E-state index in [1.165, 1.54) is 22.9 Å². The van der Waals surface area contributed by atoms with E-state index in [0.29, 0.717) is 11.0 Å². The van der Waals surface area contributed by atoms with Gasteiger partial charge in [-0.15, -0.1) is 10.2 Å². The number of nitrogens with zero attached hydrogens (tertiary/aromatic N) is 5. The topological polar surface area (TPSA) is 74.7 Å². The summed E-state index contributed by atoms with van der Waals surface area (Å²) in [5, 5.41) is 10.1. The van der Waals surface area contributed by atoms with Crippen LogP contribution >= 0.6 is 0 Å². The van der Waals surface area contributed by atoms with Crippen LogP contribution in [0.15, 0.2) is 9.59 Å². The number of hydrogen-bond donors (Lipinski definition) is 0. The molecule has 1 aliphatic rings. The van der Waals surface area contributed by atoms with Crippen LogP contribution in [0, 0.1) is 0 Å². The minimum atomic E-state index is -0.372. The summed E-state index contributed by atoms with van der Waals surface area (Å²) in [7, 11) is 3.16. The van der Waals surface area contributed by atoms with Gasteiger partial charge in [0, 0.05) is 31.7 Å². The Kier molecular flexibility index (Phi) is 3.33. The first kappa shape index (κ1) is 15.1. The molecule has 7 heteroatoms. The Hall–Kier alpha value is -2.44. The second kappa shape index (κ2) is 5.29. The second-order valence-corrected chi connectivity index (χ2v) is 6.59. The molecule has 1 aliphatic carbocycles. The Morgan fingerprint density at radius 3 is 2.42 bits per heavy atom. The molecule has 3 aromatic heterocycles. The minimum Gasteiger partial charge on any atom is -0.328 e. The van der Waals surface area contributed by atoms with E-state index in [4.69, 9.17) is 0 Å². The van der Waals surface area contributed by atoms with Crippen molar-refractivity contribution in [2.45, 2.75) is 45.6 Å². The van der Waals surface area contributed by atoms with Crippen LogP contribution in [0.2, 0.25) is 0 Å². The second-order valence-electron chi connectivity index (χ2n) is 6.59. The van der Waals surface area contributed by atoms with Crippen molar-refractivity contribution in [1.82, 2.24) is 23.9 Å². The van der Waals surface area contributed by atoms with E-state index in [1.807, 2.05) is 0 Å². The van der Waals surface area contributed by atoms with Crippen molar-refractivity contribution in [3.63, 3.8) is 0 Å². The molecule has 3 aromatic rings. The maximum atomic E-state index is 12.8. The highest BCUT2D eigenvalue weighted by Crippen LogP contribution is 2.33. The van der Waals surface area contributed by atoms with Gasteiger partial charge >= 0.3 is 5.69 Å². The Morgan fingerprint density at radius 2 is 1.67 bits per heavy atom. The van der Waals surface area contributed by atoms with Gasteiger partial charge in [-0.3, -0.25) is 13.9 Å². The van der Waals surface area contributed by atoms with E-state index >= 15 is 0 Å². The summed E-state index contributed by atoms with van der Waals surface area (Å²) in [5.41, 5.74) is 3.01. The highest BCUT2D eigenvalue weighted by Gasteiger charge is 2.25. The van der Waals surface area contributed by atoms with E-state index in [9.17, 15) is 9.59 Å². The van der Waals surface area contributed by atoms with Crippen molar-refractivity contribution in [3.8, 4) is 0 Å². The molecular weight excluding hydrogens is 306 g/mol. The molecule has 24 heavy (non-hydrogen) atoms. The summed E-state index contributed by atoms with van der Waals surface area (Å²) in [6, 6.07) is 0. The minimum absolute atomic E-state index is 0.282. The van der Waals surface area contributed by atoms with Gasteiger partial charge in [-0.25, -0.2) is 4.79 Å². The number of rotatable bonds is 2. The molecule has 0 aromatic carbocycles. The lowest BCUT2D eigenvalue weighted by Crippen LogP contribution is -2.37. The first-order valence-corrected chi connectivity index (χ1v) is 8.52. The first-order chi connectivity index (χ1) is 11.6. The third-order valence-electron chi connectivity index (χ3n) is 5.12. The summed E-state index contributed by atoms with van der Waals surface area (Å²) in [6.07, 6.45) is 5.25. The molecule has 0 fully saturated rings. The normalized spacial score (nSPS) is 14.5. The van der Waals surface area contributed by atoms with Gasteiger partial charge in [-0.05, 0) is 37.7 Å². The highest BCUT2D eigenvalue weighted by atomic mass is 16.2. The van der Waals surface area contributed by atoms with Gasteiger partial charge in [-0.1, -0.05) is 6.92 Å². The lowest BCUT2D eigenvalue weighted by molar-refractivity contribution is 0.603. The Bertz CT molecular complexity index is 1090. The predicted octanol–water partition coefficient (Wildman–Crippen LogP) is 1.27. The number of fused-ring (bicyclic) bond motifs is 5. The molecule has 4 rings (SSSR count). The molecule has 0 amide bonds. The molecule has 0 bridgehead atoms. The van der Waals surface area contributed by atoms with Crippen molar-refractivity contribution in [2.75, 3.05) is 0 Å². The van der Waals surface area contributed by atoms with Crippen LogP contribution in [0.4, 0.5) is 0 Å². The van der Waals surface area contributed by atoms with Gasteiger partial charge in [-0.2, -0.15) is 0 Å². The zero-order valence-electron chi connectivity index (χ0n) is 14.3. The molecule has 0 unspecified atom stereocenters. The third kappa shape index (κ3) is 1.84. The molecule has 0 spiro atoms. The molecule has 0 radical (unpaired) electrons. The van der Waals surface area contributed by atoms with Crippen molar-refractivity contribution in [2.24, 2.45) is 14.1 Å². The Morgan fingerprint density at radius 1 is 0.958 bits per heavy atom. The molecule has 0 aliphatic heterocycles. The SMILES string of the molecule is CCCn1c2c(c3c4c(=O)n(C)c(=O)n(C)c4nnc31)CCCC2. The smallest absolute Gasteiger partial charge is 0.328 e. The molecule has 0 saturated heterocycles. The summed E-state index contributed by atoms with van der Waals surface area (Å²) in [6.45, 7) is 3.01. The summed E-state index contributed by atoms with van der Waals surface area (Å²) in [5.74, 6) is 0. The van der Waals surface area contributed by atoms with Gasteiger partial charge < -0.3 is 4.57 Å². The van der Waals surface area contributed by atoms with Crippen LogP contribution in [-0.4, -0.2) is 23.9 Å². The zero-order chi connectivity index (χ0) is 17.0. The Labute approximate surface area is 138 Å². The molecule has 7 nitrogen and oxygen atoms in total. The van der Waals surface area contributed by atoms with Gasteiger partial charge in [0.25, 0.3) is 5.56 Å². The van der Waals surface area contributed by atoms with Crippen LogP contribution in [0.3, 0.4) is 0 Å². The first-order valence-electron chi connectivity index (χ1n) is 8.52. The zero-order valence-corrected chi connectivity index (χ0v) is 14.3. The quantitative estimate of drug-likeness (QED) is 0.710. The summed E-state index contributed by atoms with van der Waals surface area (Å²) >= 11 is 0. The fourth-order valence-electron chi connectivity index (χ4n) is 3.95. The molecular formula is C17H21N5O2. The van der Waals surface area contributed by atoms with Crippen LogP contribution in [0.5, 0.6) is 0 Å². The summed E-state index contributed by atoms with van der Waals surface area (Å²) in [4.78, 5) is 25.0. The van der Waals surface area contributed by atoms with Crippen LogP contribution in [0.1, 0.15) is 37.4 Å². The van der Waals surface area contributed by atoms with Crippen LogP contribution < -0.4 is 11.2 Å². The maximum Gasteiger partial charge on any atom is 0.332 e.